The predicted molar refractivity (Wildman–Crippen MR) is 154 cm³/mol. The summed E-state index contributed by atoms with van der Waals surface area (Å²) in [6.07, 6.45) is 4.80. The highest BCUT2D eigenvalue weighted by molar-refractivity contribution is 6.30. The Bertz CT molecular complexity index is 1820. The molecule has 4 aliphatic heterocycles. The minimum atomic E-state index is -0.882. The standard InChI is InChI=1S/C28H28ClN7O7/c29-17-10-31-20(34-4-6-41-7-5-34)9-18(17)32-21(37)12-35-11-16(22-27(35)33-19-2-1-3-36(19)28(22)40)14-8-15(26(30)39)23(38)25-24(14)42-13-43-25/h8-9,11,31,38H,1-7,10,12-13H2,(H2,30,39)(H,32,37). The third-order valence-electron chi connectivity index (χ3n) is 7.95. The van der Waals surface area contributed by atoms with Crippen LogP contribution in [0.3, 0.4) is 0 Å². The normalized spacial score (nSPS) is 17.6. The van der Waals surface area contributed by atoms with Gasteiger partial charge in [0.1, 0.15) is 23.8 Å². The fraction of sp³-hybridized carbons (Fsp3) is 0.357. The van der Waals surface area contributed by atoms with Crippen LogP contribution in [-0.2, 0) is 29.0 Å². The number of nitrogens with one attached hydrogen (secondary N) is 2. The molecule has 7 rings (SSSR count). The van der Waals surface area contributed by atoms with Crippen molar-refractivity contribution in [2.75, 3.05) is 39.6 Å². The van der Waals surface area contributed by atoms with Crippen molar-refractivity contribution in [3.63, 3.8) is 0 Å². The number of morpholine rings is 1. The lowest BCUT2D eigenvalue weighted by Crippen LogP contribution is -2.42. The van der Waals surface area contributed by atoms with E-state index >= 15 is 0 Å². The van der Waals surface area contributed by atoms with Crippen LogP contribution < -0.4 is 31.4 Å². The van der Waals surface area contributed by atoms with Crippen molar-refractivity contribution in [1.82, 2.24) is 29.7 Å². The summed E-state index contributed by atoms with van der Waals surface area (Å²) in [5.74, 6) is -0.133. The van der Waals surface area contributed by atoms with Crippen LogP contribution in [0.1, 0.15) is 22.6 Å². The summed E-state index contributed by atoms with van der Waals surface area (Å²) in [7, 11) is 0. The summed E-state index contributed by atoms with van der Waals surface area (Å²) in [4.78, 5) is 46.3. The number of dihydropyridines is 1. The van der Waals surface area contributed by atoms with Crippen LogP contribution in [0, 0.1) is 0 Å². The average molecular weight is 610 g/mol. The van der Waals surface area contributed by atoms with E-state index in [-0.39, 0.29) is 47.3 Å². The second-order valence-corrected chi connectivity index (χ2v) is 11.0. The Morgan fingerprint density at radius 3 is 2.74 bits per heavy atom. The number of allylic oxidation sites excluding steroid dienone is 1. The lowest BCUT2D eigenvalue weighted by atomic mass is 10.00. The van der Waals surface area contributed by atoms with Crippen molar-refractivity contribution in [1.29, 1.82) is 0 Å². The maximum Gasteiger partial charge on any atom is 0.263 e. The molecule has 6 heterocycles. The molecule has 0 aliphatic carbocycles. The summed E-state index contributed by atoms with van der Waals surface area (Å²) in [6.45, 7) is 3.15. The number of primary amides is 1. The smallest absolute Gasteiger partial charge is 0.263 e. The first-order chi connectivity index (χ1) is 20.8. The Hall–Kier alpha value is -4.69. The molecule has 5 N–H and O–H groups in total. The number of aromatic nitrogens is 3. The van der Waals surface area contributed by atoms with E-state index in [1.165, 1.54) is 6.07 Å². The number of hydrogen-bond donors (Lipinski definition) is 4. The quantitative estimate of drug-likeness (QED) is 0.311. The monoisotopic (exact) mass is 609 g/mol. The lowest BCUT2D eigenvalue weighted by Gasteiger charge is -2.33. The van der Waals surface area contributed by atoms with Gasteiger partial charge in [-0.3, -0.25) is 19.0 Å². The van der Waals surface area contributed by atoms with E-state index in [0.717, 1.165) is 12.2 Å². The first-order valence-corrected chi connectivity index (χ1v) is 14.2. The Kier molecular flexibility index (Phi) is 6.66. The van der Waals surface area contributed by atoms with Crippen LogP contribution in [0.25, 0.3) is 22.2 Å². The molecule has 14 nitrogen and oxygen atoms in total. The van der Waals surface area contributed by atoms with Gasteiger partial charge in [-0.25, -0.2) is 4.98 Å². The van der Waals surface area contributed by atoms with E-state index in [0.29, 0.717) is 79.1 Å². The van der Waals surface area contributed by atoms with Gasteiger partial charge in [0.15, 0.2) is 11.5 Å². The lowest BCUT2D eigenvalue weighted by molar-refractivity contribution is -0.120. The zero-order chi connectivity index (χ0) is 29.8. The van der Waals surface area contributed by atoms with Gasteiger partial charge >= 0.3 is 0 Å². The number of nitrogens with two attached hydrogens (primary N) is 1. The molecule has 0 saturated carbocycles. The molecule has 43 heavy (non-hydrogen) atoms. The van der Waals surface area contributed by atoms with Gasteiger partial charge in [0, 0.05) is 49.5 Å². The molecule has 0 spiro atoms. The number of carbonyl (C=O) groups is 2. The molecule has 15 heteroatoms. The Labute approximate surface area is 249 Å². The molecule has 1 saturated heterocycles. The van der Waals surface area contributed by atoms with Gasteiger partial charge in [-0.2, -0.15) is 0 Å². The number of amides is 2. The van der Waals surface area contributed by atoms with Gasteiger partial charge in [0.25, 0.3) is 11.5 Å². The molecule has 224 valence electrons. The van der Waals surface area contributed by atoms with Crippen molar-refractivity contribution >= 4 is 34.4 Å². The molecule has 2 amide bonds. The number of benzene rings is 1. The van der Waals surface area contributed by atoms with Crippen molar-refractivity contribution in [3.8, 4) is 28.4 Å². The molecular weight excluding hydrogens is 582 g/mol. The topological polar surface area (TPSA) is 175 Å². The molecule has 2 aromatic heterocycles. The van der Waals surface area contributed by atoms with Crippen molar-refractivity contribution in [3.05, 3.63) is 56.6 Å². The maximum absolute atomic E-state index is 13.8. The van der Waals surface area contributed by atoms with E-state index < -0.39 is 11.7 Å². The molecular formula is C28H28ClN7O7. The highest BCUT2D eigenvalue weighted by Gasteiger charge is 2.31. The van der Waals surface area contributed by atoms with Gasteiger partial charge in [-0.1, -0.05) is 11.6 Å². The van der Waals surface area contributed by atoms with E-state index in [4.69, 9.17) is 36.5 Å². The number of fused-ring (bicyclic) bond motifs is 3. The van der Waals surface area contributed by atoms with Crippen molar-refractivity contribution in [2.24, 2.45) is 5.73 Å². The molecule has 0 atom stereocenters. The van der Waals surface area contributed by atoms with Crippen LogP contribution in [0.2, 0.25) is 0 Å². The van der Waals surface area contributed by atoms with Crippen LogP contribution in [-0.4, -0.2) is 75.6 Å². The summed E-state index contributed by atoms with van der Waals surface area (Å²) in [5, 5.41) is 17.4. The fourth-order valence-corrected chi connectivity index (χ4v) is 6.05. The first kappa shape index (κ1) is 27.2. The first-order valence-electron chi connectivity index (χ1n) is 13.8. The fourth-order valence-electron chi connectivity index (χ4n) is 5.88. The minimum absolute atomic E-state index is 0.0467. The van der Waals surface area contributed by atoms with Gasteiger partial charge in [0.05, 0.1) is 41.4 Å². The third kappa shape index (κ3) is 4.62. The molecule has 1 fully saturated rings. The van der Waals surface area contributed by atoms with E-state index in [1.54, 1.807) is 21.4 Å². The average Bonchev–Trinajstić information content (AvgIpc) is 3.75. The molecule has 3 aromatic rings. The Morgan fingerprint density at radius 2 is 1.95 bits per heavy atom. The zero-order valence-corrected chi connectivity index (χ0v) is 23.7. The Morgan fingerprint density at radius 1 is 1.16 bits per heavy atom. The SMILES string of the molecule is NC(=O)c1cc(-c2cn(CC(=O)NC3=C(Cl)CNC(N4CCOCC4)=C3)c3nc4n(c(=O)c23)CCC4)c2c(c1O)OCO2. The van der Waals surface area contributed by atoms with Gasteiger partial charge in [0.2, 0.25) is 18.4 Å². The summed E-state index contributed by atoms with van der Waals surface area (Å²) >= 11 is 6.47. The number of rotatable bonds is 6. The number of carbonyl (C=O) groups excluding carboxylic acids is 2. The number of ether oxygens (including phenoxy) is 3. The van der Waals surface area contributed by atoms with E-state index in [1.807, 2.05) is 0 Å². The van der Waals surface area contributed by atoms with Crippen LogP contribution in [0.15, 0.2) is 39.7 Å². The molecule has 0 unspecified atom stereocenters. The molecule has 0 radical (unpaired) electrons. The second-order valence-electron chi connectivity index (χ2n) is 10.6. The molecule has 4 aliphatic rings. The maximum atomic E-state index is 13.8. The van der Waals surface area contributed by atoms with Crippen molar-refractivity contribution in [2.45, 2.75) is 25.9 Å². The predicted octanol–water partition coefficient (Wildman–Crippen LogP) is 0.688. The second kappa shape index (κ2) is 10.5. The van der Waals surface area contributed by atoms with Gasteiger partial charge < -0.3 is 45.2 Å². The van der Waals surface area contributed by atoms with Gasteiger partial charge in [-0.15, -0.1) is 0 Å². The van der Waals surface area contributed by atoms with Crippen molar-refractivity contribution < 1.29 is 28.9 Å². The number of phenols is 1. The Balaban J connectivity index is 1.29. The summed E-state index contributed by atoms with van der Waals surface area (Å²) in [6, 6.07) is 1.36. The van der Waals surface area contributed by atoms with E-state index in [9.17, 15) is 19.5 Å². The zero-order valence-electron chi connectivity index (χ0n) is 22.9. The summed E-state index contributed by atoms with van der Waals surface area (Å²) in [5.41, 5.74) is 6.51. The number of aryl methyl sites for hydroxylation is 1. The highest BCUT2D eigenvalue weighted by Crippen LogP contribution is 2.50. The number of aromatic hydroxyl groups is 1. The number of nitrogens with zero attached hydrogens (tertiary/aromatic N) is 4. The number of hydrogen-bond acceptors (Lipinski definition) is 10. The third-order valence-corrected chi connectivity index (χ3v) is 8.28. The highest BCUT2D eigenvalue weighted by atomic mass is 35.5. The van der Waals surface area contributed by atoms with E-state index in [2.05, 4.69) is 15.5 Å². The molecule has 1 aromatic carbocycles. The largest absolute Gasteiger partial charge is 0.504 e. The van der Waals surface area contributed by atoms with Crippen LogP contribution in [0.5, 0.6) is 17.2 Å². The van der Waals surface area contributed by atoms with Gasteiger partial charge in [-0.05, 0) is 12.5 Å². The van der Waals surface area contributed by atoms with Crippen LogP contribution >= 0.6 is 11.6 Å². The molecule has 0 bridgehead atoms. The minimum Gasteiger partial charge on any atom is -0.504 e. The summed E-state index contributed by atoms with van der Waals surface area (Å²) < 4.78 is 19.7. The van der Waals surface area contributed by atoms with Crippen LogP contribution in [0.4, 0.5) is 0 Å². The number of halogens is 1.